The third-order valence-electron chi connectivity index (χ3n) is 2.69. The van der Waals surface area contributed by atoms with E-state index >= 15 is 0 Å². The van der Waals surface area contributed by atoms with E-state index in [2.05, 4.69) is 34.2 Å². The lowest BCUT2D eigenvalue weighted by molar-refractivity contribution is 0.854. The van der Waals surface area contributed by atoms with Crippen molar-refractivity contribution in [2.24, 2.45) is 0 Å². The molecule has 3 aromatic rings. The third kappa shape index (κ3) is 1.95. The molecule has 18 heavy (non-hydrogen) atoms. The first-order valence-corrected chi connectivity index (χ1v) is 6.53. The Morgan fingerprint density at radius 1 is 1.33 bits per heavy atom. The second-order valence-electron chi connectivity index (χ2n) is 4.11. The lowest BCUT2D eigenvalue weighted by Crippen LogP contribution is -2.08. The molecule has 0 amide bonds. The van der Waals surface area contributed by atoms with Gasteiger partial charge in [-0.3, -0.25) is 0 Å². The number of aryl methyl sites for hydroxylation is 1. The summed E-state index contributed by atoms with van der Waals surface area (Å²) < 4.78 is 1.80. The number of hydrogen-bond donors (Lipinski definition) is 1. The summed E-state index contributed by atoms with van der Waals surface area (Å²) in [4.78, 5) is 9.96. The molecule has 0 spiro atoms. The smallest absolute Gasteiger partial charge is 0.152 e. The number of aromatic nitrogens is 4. The van der Waals surface area contributed by atoms with Gasteiger partial charge in [0, 0.05) is 23.5 Å². The van der Waals surface area contributed by atoms with E-state index in [1.807, 2.05) is 18.5 Å². The van der Waals surface area contributed by atoms with Gasteiger partial charge in [0.15, 0.2) is 5.82 Å². The maximum Gasteiger partial charge on any atom is 0.152 e. The van der Waals surface area contributed by atoms with E-state index in [1.165, 1.54) is 4.88 Å². The first-order chi connectivity index (χ1) is 8.74. The molecular formula is C12H13N5S. The van der Waals surface area contributed by atoms with Crippen LogP contribution in [0.3, 0.4) is 0 Å². The van der Waals surface area contributed by atoms with E-state index < -0.39 is 0 Å². The van der Waals surface area contributed by atoms with Gasteiger partial charge >= 0.3 is 0 Å². The van der Waals surface area contributed by atoms with E-state index in [0.717, 1.165) is 16.3 Å². The normalized spacial score (nSPS) is 12.8. The third-order valence-corrected chi connectivity index (χ3v) is 3.78. The van der Waals surface area contributed by atoms with E-state index in [0.29, 0.717) is 0 Å². The molecule has 3 heterocycles. The van der Waals surface area contributed by atoms with Crippen LogP contribution in [0.1, 0.15) is 22.9 Å². The lowest BCUT2D eigenvalue weighted by Gasteiger charge is -2.12. The van der Waals surface area contributed by atoms with Crippen LogP contribution in [0.15, 0.2) is 30.9 Å². The molecule has 0 saturated heterocycles. The zero-order chi connectivity index (χ0) is 12.5. The molecule has 0 fully saturated rings. The van der Waals surface area contributed by atoms with Crippen molar-refractivity contribution in [3.63, 3.8) is 0 Å². The number of rotatable bonds is 3. The second kappa shape index (κ2) is 4.38. The molecule has 0 bridgehead atoms. The minimum atomic E-state index is 0.136. The Morgan fingerprint density at radius 3 is 3.00 bits per heavy atom. The fraction of sp³-hybridized carbons (Fsp3) is 0.250. The Hall–Kier alpha value is -1.95. The van der Waals surface area contributed by atoms with E-state index in [1.54, 1.807) is 28.2 Å². The first-order valence-electron chi connectivity index (χ1n) is 5.71. The maximum absolute atomic E-state index is 4.39. The molecule has 92 valence electrons. The van der Waals surface area contributed by atoms with Crippen molar-refractivity contribution in [1.29, 1.82) is 0 Å². The highest BCUT2D eigenvalue weighted by Crippen LogP contribution is 2.24. The average molecular weight is 259 g/mol. The number of thiazole rings is 1. The molecule has 5 nitrogen and oxygen atoms in total. The monoisotopic (exact) mass is 259 g/mol. The predicted octanol–water partition coefficient (Wildman–Crippen LogP) is 2.67. The summed E-state index contributed by atoms with van der Waals surface area (Å²) in [6.45, 7) is 4.14. The second-order valence-corrected chi connectivity index (χ2v) is 5.38. The quantitative estimate of drug-likeness (QED) is 0.785. The number of nitrogens with zero attached hydrogens (tertiary/aromatic N) is 4. The van der Waals surface area contributed by atoms with Gasteiger partial charge in [0.25, 0.3) is 0 Å². The topological polar surface area (TPSA) is 55.1 Å². The van der Waals surface area contributed by atoms with Crippen LogP contribution >= 0.6 is 11.3 Å². The standard InChI is InChI=1S/C12H13N5S/c1-8-7-14-12(18-8)9(2)16-11-10-3-4-15-17(10)6-5-13-11/h3-7,9H,1-2H3,(H,13,16). The van der Waals surface area contributed by atoms with Crippen LogP contribution in [0.4, 0.5) is 5.82 Å². The highest BCUT2D eigenvalue weighted by atomic mass is 32.1. The summed E-state index contributed by atoms with van der Waals surface area (Å²) in [7, 11) is 0. The predicted molar refractivity (Wildman–Crippen MR) is 71.9 cm³/mol. The Balaban J connectivity index is 1.90. The van der Waals surface area contributed by atoms with Crippen molar-refractivity contribution in [2.75, 3.05) is 5.32 Å². The molecule has 0 saturated carbocycles. The van der Waals surface area contributed by atoms with Gasteiger partial charge in [0.05, 0.1) is 12.2 Å². The van der Waals surface area contributed by atoms with Gasteiger partial charge in [-0.25, -0.2) is 14.5 Å². The Morgan fingerprint density at radius 2 is 2.22 bits per heavy atom. The summed E-state index contributed by atoms with van der Waals surface area (Å²) in [5, 5.41) is 8.63. The summed E-state index contributed by atoms with van der Waals surface area (Å²) in [6, 6.07) is 2.08. The fourth-order valence-corrected chi connectivity index (χ4v) is 2.58. The largest absolute Gasteiger partial charge is 0.359 e. The van der Waals surface area contributed by atoms with Gasteiger partial charge in [-0.2, -0.15) is 5.10 Å². The van der Waals surface area contributed by atoms with Crippen molar-refractivity contribution in [2.45, 2.75) is 19.9 Å². The van der Waals surface area contributed by atoms with Gasteiger partial charge in [0.1, 0.15) is 10.5 Å². The zero-order valence-electron chi connectivity index (χ0n) is 10.2. The summed E-state index contributed by atoms with van der Waals surface area (Å²) in [5.41, 5.74) is 0.970. The molecule has 0 radical (unpaired) electrons. The molecule has 0 aliphatic heterocycles. The molecule has 0 aromatic carbocycles. The fourth-order valence-electron chi connectivity index (χ4n) is 1.81. The zero-order valence-corrected chi connectivity index (χ0v) is 11.0. The van der Waals surface area contributed by atoms with Crippen LogP contribution in [-0.2, 0) is 0 Å². The van der Waals surface area contributed by atoms with Crippen LogP contribution in [0, 0.1) is 6.92 Å². The van der Waals surface area contributed by atoms with E-state index in [9.17, 15) is 0 Å². The Labute approximate surface area is 109 Å². The molecule has 0 aliphatic carbocycles. The number of nitrogens with one attached hydrogen (secondary N) is 1. The van der Waals surface area contributed by atoms with E-state index in [4.69, 9.17) is 0 Å². The molecule has 6 heteroatoms. The maximum atomic E-state index is 4.39. The SMILES string of the molecule is Cc1cnc(C(C)Nc2nccn3nccc23)s1. The van der Waals surface area contributed by atoms with Crippen molar-refractivity contribution < 1.29 is 0 Å². The van der Waals surface area contributed by atoms with Gasteiger partial charge in [-0.15, -0.1) is 11.3 Å². The van der Waals surface area contributed by atoms with E-state index in [-0.39, 0.29) is 6.04 Å². The minimum absolute atomic E-state index is 0.136. The number of hydrogen-bond acceptors (Lipinski definition) is 5. The van der Waals surface area contributed by atoms with Crippen molar-refractivity contribution >= 4 is 22.7 Å². The van der Waals surface area contributed by atoms with Gasteiger partial charge in [-0.05, 0) is 19.9 Å². The molecule has 3 rings (SSSR count). The molecule has 0 aliphatic rings. The highest BCUT2D eigenvalue weighted by Gasteiger charge is 2.11. The molecule has 1 atom stereocenters. The molecule has 3 aromatic heterocycles. The summed E-state index contributed by atoms with van der Waals surface area (Å²) >= 11 is 1.70. The Kier molecular flexibility index (Phi) is 2.71. The van der Waals surface area contributed by atoms with Crippen LogP contribution in [0.5, 0.6) is 0 Å². The van der Waals surface area contributed by atoms with Crippen molar-refractivity contribution in [1.82, 2.24) is 19.6 Å². The molecule has 1 unspecified atom stereocenters. The van der Waals surface area contributed by atoms with Gasteiger partial charge in [0.2, 0.25) is 0 Å². The van der Waals surface area contributed by atoms with Gasteiger partial charge < -0.3 is 5.32 Å². The average Bonchev–Trinajstić information content (AvgIpc) is 2.97. The molecule has 1 N–H and O–H groups in total. The van der Waals surface area contributed by atoms with Crippen LogP contribution in [-0.4, -0.2) is 19.6 Å². The van der Waals surface area contributed by atoms with Crippen LogP contribution in [0.25, 0.3) is 5.52 Å². The van der Waals surface area contributed by atoms with Crippen LogP contribution < -0.4 is 5.32 Å². The number of fused-ring (bicyclic) bond motifs is 1. The molecular weight excluding hydrogens is 246 g/mol. The first kappa shape index (κ1) is 11.2. The van der Waals surface area contributed by atoms with Crippen molar-refractivity contribution in [3.8, 4) is 0 Å². The lowest BCUT2D eigenvalue weighted by atomic mass is 10.3. The van der Waals surface area contributed by atoms with Crippen molar-refractivity contribution in [3.05, 3.63) is 40.7 Å². The number of anilines is 1. The summed E-state index contributed by atoms with van der Waals surface area (Å²) in [5.74, 6) is 0.829. The summed E-state index contributed by atoms with van der Waals surface area (Å²) in [6.07, 6.45) is 7.23. The van der Waals surface area contributed by atoms with Gasteiger partial charge in [-0.1, -0.05) is 0 Å². The Bertz CT molecular complexity index is 672. The highest BCUT2D eigenvalue weighted by molar-refractivity contribution is 7.11. The minimum Gasteiger partial charge on any atom is -0.359 e. The van der Waals surface area contributed by atoms with Crippen LogP contribution in [0.2, 0.25) is 0 Å².